The summed E-state index contributed by atoms with van der Waals surface area (Å²) in [6, 6.07) is 11.7. The van der Waals surface area contributed by atoms with Gasteiger partial charge in [0, 0.05) is 23.7 Å². The first-order valence-corrected chi connectivity index (χ1v) is 9.08. The van der Waals surface area contributed by atoms with Crippen molar-refractivity contribution in [2.75, 3.05) is 6.54 Å². The minimum absolute atomic E-state index is 0.0875. The standard InChI is InChI=1S/C17H16ClNO3S/c1-12(20)13-3-6-17(7-4-13)23(21,22)19-9-8-14-2-5-16(18)10-15(14)11-19/h2-7,10H,8-9,11H2,1H3. The van der Waals surface area contributed by atoms with E-state index in [1.165, 1.54) is 23.4 Å². The number of nitrogens with zero attached hydrogens (tertiary/aromatic N) is 1. The Balaban J connectivity index is 1.90. The zero-order valence-electron chi connectivity index (χ0n) is 12.6. The Bertz CT molecular complexity index is 860. The van der Waals surface area contributed by atoms with Crippen molar-refractivity contribution in [2.24, 2.45) is 0 Å². The van der Waals surface area contributed by atoms with Crippen molar-refractivity contribution in [1.82, 2.24) is 4.31 Å². The molecule has 0 atom stereocenters. The van der Waals surface area contributed by atoms with Gasteiger partial charge >= 0.3 is 0 Å². The van der Waals surface area contributed by atoms with Crippen LogP contribution in [-0.4, -0.2) is 25.1 Å². The van der Waals surface area contributed by atoms with E-state index in [9.17, 15) is 13.2 Å². The van der Waals surface area contributed by atoms with Gasteiger partial charge in [-0.15, -0.1) is 0 Å². The number of hydrogen-bond acceptors (Lipinski definition) is 3. The Morgan fingerprint density at radius 2 is 1.78 bits per heavy atom. The highest BCUT2D eigenvalue weighted by molar-refractivity contribution is 7.89. The maximum Gasteiger partial charge on any atom is 0.243 e. The number of benzene rings is 2. The fourth-order valence-electron chi connectivity index (χ4n) is 2.72. The van der Waals surface area contributed by atoms with E-state index < -0.39 is 10.0 Å². The number of halogens is 1. The van der Waals surface area contributed by atoms with E-state index in [2.05, 4.69) is 0 Å². The van der Waals surface area contributed by atoms with Gasteiger partial charge in [-0.2, -0.15) is 4.31 Å². The highest BCUT2D eigenvalue weighted by atomic mass is 35.5. The van der Waals surface area contributed by atoms with E-state index in [0.717, 1.165) is 11.1 Å². The number of Topliss-reactive ketones (excluding diaryl/α,β-unsaturated/α-hetero) is 1. The van der Waals surface area contributed by atoms with Gasteiger partial charge in [0.15, 0.2) is 5.78 Å². The summed E-state index contributed by atoms with van der Waals surface area (Å²) in [7, 11) is -3.58. The summed E-state index contributed by atoms with van der Waals surface area (Å²) < 4.78 is 27.0. The fourth-order valence-corrected chi connectivity index (χ4v) is 4.33. The minimum atomic E-state index is -3.58. The van der Waals surface area contributed by atoms with Crippen LogP contribution < -0.4 is 0 Å². The highest BCUT2D eigenvalue weighted by Gasteiger charge is 2.28. The summed E-state index contributed by atoms with van der Waals surface area (Å²) in [4.78, 5) is 11.5. The molecule has 0 N–H and O–H groups in total. The van der Waals surface area contributed by atoms with E-state index in [1.54, 1.807) is 12.1 Å². The number of sulfonamides is 1. The quantitative estimate of drug-likeness (QED) is 0.799. The zero-order chi connectivity index (χ0) is 16.6. The number of carbonyl (C=O) groups is 1. The summed E-state index contributed by atoms with van der Waals surface area (Å²) in [5, 5.41) is 0.605. The molecule has 0 fully saturated rings. The van der Waals surface area contributed by atoms with Crippen LogP contribution >= 0.6 is 11.6 Å². The van der Waals surface area contributed by atoms with Crippen LogP contribution in [0.2, 0.25) is 5.02 Å². The molecule has 1 heterocycles. The Kier molecular flexibility index (Phi) is 4.27. The predicted octanol–water partition coefficient (Wildman–Crippen LogP) is 3.29. The summed E-state index contributed by atoms with van der Waals surface area (Å²) in [6.45, 7) is 2.20. The van der Waals surface area contributed by atoms with Crippen molar-refractivity contribution in [3.8, 4) is 0 Å². The second kappa shape index (κ2) is 6.07. The van der Waals surface area contributed by atoms with Crippen LogP contribution in [0.15, 0.2) is 47.4 Å². The molecule has 0 unspecified atom stereocenters. The van der Waals surface area contributed by atoms with Gasteiger partial charge < -0.3 is 0 Å². The third kappa shape index (κ3) is 3.17. The van der Waals surface area contributed by atoms with Crippen LogP contribution in [0.5, 0.6) is 0 Å². The molecule has 0 amide bonds. The molecule has 3 rings (SSSR count). The van der Waals surface area contributed by atoms with Gasteiger partial charge in [-0.05, 0) is 48.7 Å². The molecule has 0 bridgehead atoms. The fraction of sp³-hybridized carbons (Fsp3) is 0.235. The van der Waals surface area contributed by atoms with Crippen molar-refractivity contribution in [2.45, 2.75) is 24.8 Å². The van der Waals surface area contributed by atoms with Crippen LogP contribution in [0.3, 0.4) is 0 Å². The molecule has 23 heavy (non-hydrogen) atoms. The molecule has 4 nitrogen and oxygen atoms in total. The Hall–Kier alpha value is -1.69. The maximum atomic E-state index is 12.8. The SMILES string of the molecule is CC(=O)c1ccc(S(=O)(=O)N2CCc3ccc(Cl)cc3C2)cc1. The van der Waals surface area contributed by atoms with Crippen molar-refractivity contribution >= 4 is 27.4 Å². The molecule has 0 spiro atoms. The van der Waals surface area contributed by atoms with E-state index in [4.69, 9.17) is 11.6 Å². The van der Waals surface area contributed by atoms with E-state index >= 15 is 0 Å². The lowest BCUT2D eigenvalue weighted by molar-refractivity contribution is 0.101. The molecule has 0 radical (unpaired) electrons. The van der Waals surface area contributed by atoms with Gasteiger partial charge in [0.1, 0.15) is 0 Å². The average Bonchev–Trinajstić information content (AvgIpc) is 2.54. The Morgan fingerprint density at radius 1 is 1.09 bits per heavy atom. The molecule has 0 saturated carbocycles. The third-order valence-electron chi connectivity index (χ3n) is 4.04. The molecule has 2 aromatic carbocycles. The monoisotopic (exact) mass is 349 g/mol. The zero-order valence-corrected chi connectivity index (χ0v) is 14.2. The highest BCUT2D eigenvalue weighted by Crippen LogP contribution is 2.27. The normalized spacial score (nSPS) is 15.2. The number of rotatable bonds is 3. The maximum absolute atomic E-state index is 12.8. The number of fused-ring (bicyclic) bond motifs is 1. The Morgan fingerprint density at radius 3 is 2.43 bits per heavy atom. The van der Waals surface area contributed by atoms with Crippen molar-refractivity contribution in [1.29, 1.82) is 0 Å². The lowest BCUT2D eigenvalue weighted by Crippen LogP contribution is -2.35. The van der Waals surface area contributed by atoms with E-state index in [0.29, 0.717) is 30.1 Å². The number of carbonyl (C=O) groups excluding carboxylic acids is 1. The van der Waals surface area contributed by atoms with Crippen LogP contribution in [0.1, 0.15) is 28.4 Å². The van der Waals surface area contributed by atoms with E-state index in [-0.39, 0.29) is 10.7 Å². The topological polar surface area (TPSA) is 54.5 Å². The predicted molar refractivity (Wildman–Crippen MR) is 89.2 cm³/mol. The Labute approximate surface area is 140 Å². The molecule has 1 aliphatic heterocycles. The summed E-state index contributed by atoms with van der Waals surface area (Å²) in [5.41, 5.74) is 2.57. The first-order valence-electron chi connectivity index (χ1n) is 7.26. The first kappa shape index (κ1) is 16.2. The summed E-state index contributed by atoms with van der Waals surface area (Å²) in [6.07, 6.45) is 0.664. The second-order valence-corrected chi connectivity index (χ2v) is 7.96. The van der Waals surface area contributed by atoms with Gasteiger partial charge in [-0.1, -0.05) is 29.8 Å². The molecule has 1 aliphatic rings. The molecule has 0 aromatic heterocycles. The molecule has 0 aliphatic carbocycles. The molecule has 120 valence electrons. The average molecular weight is 350 g/mol. The lowest BCUT2D eigenvalue weighted by atomic mass is 10.0. The van der Waals surface area contributed by atoms with Crippen LogP contribution in [-0.2, 0) is 23.0 Å². The van der Waals surface area contributed by atoms with Crippen LogP contribution in [0, 0.1) is 0 Å². The lowest BCUT2D eigenvalue weighted by Gasteiger charge is -2.28. The number of ketones is 1. The third-order valence-corrected chi connectivity index (χ3v) is 6.14. The van der Waals surface area contributed by atoms with Gasteiger partial charge in [-0.25, -0.2) is 8.42 Å². The molecular formula is C17H16ClNO3S. The van der Waals surface area contributed by atoms with Crippen molar-refractivity contribution in [3.05, 3.63) is 64.2 Å². The van der Waals surface area contributed by atoms with Gasteiger partial charge in [0.05, 0.1) is 4.90 Å². The number of hydrogen-bond donors (Lipinski definition) is 0. The minimum Gasteiger partial charge on any atom is -0.295 e. The summed E-state index contributed by atoms with van der Waals surface area (Å²) >= 11 is 6.00. The van der Waals surface area contributed by atoms with Crippen LogP contribution in [0.4, 0.5) is 0 Å². The smallest absolute Gasteiger partial charge is 0.243 e. The molecular weight excluding hydrogens is 334 g/mol. The van der Waals surface area contributed by atoms with Crippen molar-refractivity contribution < 1.29 is 13.2 Å². The molecule has 6 heteroatoms. The summed E-state index contributed by atoms with van der Waals surface area (Å²) in [5.74, 6) is -0.0875. The molecule has 2 aromatic rings. The van der Waals surface area contributed by atoms with E-state index in [1.807, 2.05) is 18.2 Å². The van der Waals surface area contributed by atoms with Crippen molar-refractivity contribution in [3.63, 3.8) is 0 Å². The van der Waals surface area contributed by atoms with Gasteiger partial charge in [-0.3, -0.25) is 4.79 Å². The van der Waals surface area contributed by atoms with Gasteiger partial charge in [0.2, 0.25) is 10.0 Å². The van der Waals surface area contributed by atoms with Crippen LogP contribution in [0.25, 0.3) is 0 Å². The first-order chi connectivity index (χ1) is 10.9. The molecule has 0 saturated heterocycles. The van der Waals surface area contributed by atoms with Gasteiger partial charge in [0.25, 0.3) is 0 Å². The largest absolute Gasteiger partial charge is 0.295 e. The second-order valence-electron chi connectivity index (χ2n) is 5.58.